The van der Waals surface area contributed by atoms with Gasteiger partial charge in [-0.3, -0.25) is 4.79 Å². The van der Waals surface area contributed by atoms with Gasteiger partial charge < -0.3 is 9.84 Å². The number of hydrogen-bond acceptors (Lipinski definition) is 5. The van der Waals surface area contributed by atoms with Crippen molar-refractivity contribution < 1.29 is 14.6 Å². The van der Waals surface area contributed by atoms with Crippen LogP contribution >= 0.6 is 0 Å². The van der Waals surface area contributed by atoms with E-state index in [1.807, 2.05) is 14.0 Å². The average molecular weight is 416 g/mol. The SMILES string of the molecule is CO[C@@H]1C[C@@H]2[C@H](CC[C@]3(C)[C@@H](C(=O)Cn4ccnn4)CC[C@@H]23)[C@H]2CC[C@@](C)(O)C[C@@H]21. The lowest BCUT2D eigenvalue weighted by atomic mass is 9.48. The smallest absolute Gasteiger partial charge is 0.157 e. The molecule has 6 heteroatoms. The number of Topliss-reactive ketones (excluding diaryl/α,β-unsaturated/α-hetero) is 1. The predicted molar refractivity (Wildman–Crippen MR) is 112 cm³/mol. The number of rotatable bonds is 4. The van der Waals surface area contributed by atoms with E-state index >= 15 is 0 Å². The molecule has 0 saturated heterocycles. The van der Waals surface area contributed by atoms with Crippen LogP contribution in [0.3, 0.4) is 0 Å². The van der Waals surface area contributed by atoms with Gasteiger partial charge in [0.05, 0.1) is 17.9 Å². The van der Waals surface area contributed by atoms with E-state index in [1.165, 1.54) is 6.42 Å². The fourth-order valence-electron chi connectivity index (χ4n) is 8.41. The molecule has 0 amide bonds. The van der Waals surface area contributed by atoms with Crippen LogP contribution in [0.2, 0.25) is 0 Å². The first kappa shape index (κ1) is 20.6. The average Bonchev–Trinajstić information content (AvgIpc) is 3.33. The second-order valence-electron chi connectivity index (χ2n) is 11.3. The molecule has 1 aromatic rings. The van der Waals surface area contributed by atoms with E-state index in [4.69, 9.17) is 4.74 Å². The third-order valence-electron chi connectivity index (χ3n) is 9.75. The number of aromatic nitrogens is 3. The topological polar surface area (TPSA) is 77.2 Å². The summed E-state index contributed by atoms with van der Waals surface area (Å²) in [6, 6.07) is 0. The third kappa shape index (κ3) is 3.26. The van der Waals surface area contributed by atoms with Crippen molar-refractivity contribution >= 4 is 5.78 Å². The van der Waals surface area contributed by atoms with Gasteiger partial charge in [0.15, 0.2) is 5.78 Å². The van der Waals surface area contributed by atoms with E-state index in [1.54, 1.807) is 17.1 Å². The molecule has 9 atom stereocenters. The van der Waals surface area contributed by atoms with Crippen molar-refractivity contribution in [2.24, 2.45) is 40.9 Å². The fraction of sp³-hybridized carbons (Fsp3) is 0.875. The minimum atomic E-state index is -0.541. The van der Waals surface area contributed by atoms with Gasteiger partial charge >= 0.3 is 0 Å². The van der Waals surface area contributed by atoms with Crippen molar-refractivity contribution in [3.8, 4) is 0 Å². The highest BCUT2D eigenvalue weighted by Crippen LogP contribution is 2.65. The first-order valence-corrected chi connectivity index (χ1v) is 11.9. The summed E-state index contributed by atoms with van der Waals surface area (Å²) in [6.07, 6.45) is 12.2. The van der Waals surface area contributed by atoms with Crippen LogP contribution in [0.1, 0.15) is 65.2 Å². The Balaban J connectivity index is 1.36. The molecule has 0 unspecified atom stereocenters. The molecule has 4 aliphatic rings. The van der Waals surface area contributed by atoms with Crippen LogP contribution in [-0.2, 0) is 16.1 Å². The summed E-state index contributed by atoms with van der Waals surface area (Å²) in [6.45, 7) is 4.74. The lowest BCUT2D eigenvalue weighted by molar-refractivity contribution is -0.155. The third-order valence-corrected chi connectivity index (χ3v) is 9.75. The van der Waals surface area contributed by atoms with E-state index in [-0.39, 0.29) is 17.4 Å². The summed E-state index contributed by atoms with van der Waals surface area (Å²) in [5.41, 5.74) is -0.440. The number of ketones is 1. The Labute approximate surface area is 179 Å². The van der Waals surface area contributed by atoms with Gasteiger partial charge in [-0.1, -0.05) is 12.1 Å². The number of hydrogen-bond donors (Lipinski definition) is 1. The highest BCUT2D eigenvalue weighted by molar-refractivity contribution is 5.82. The number of ether oxygens (including phenoxy) is 1. The van der Waals surface area contributed by atoms with E-state index in [0.29, 0.717) is 36.0 Å². The van der Waals surface area contributed by atoms with Crippen LogP contribution in [0.5, 0.6) is 0 Å². The zero-order chi connectivity index (χ0) is 21.1. The van der Waals surface area contributed by atoms with Crippen LogP contribution in [0.15, 0.2) is 12.4 Å². The summed E-state index contributed by atoms with van der Waals surface area (Å²) in [7, 11) is 1.85. The van der Waals surface area contributed by atoms with Crippen molar-refractivity contribution in [2.75, 3.05) is 7.11 Å². The number of methoxy groups -OCH3 is 1. The Kier molecular flexibility index (Phi) is 5.09. The number of fused-ring (bicyclic) bond motifs is 5. The van der Waals surface area contributed by atoms with Gasteiger partial charge in [0.25, 0.3) is 0 Å². The molecule has 0 spiro atoms. The molecule has 1 heterocycles. The zero-order valence-corrected chi connectivity index (χ0v) is 18.7. The lowest BCUT2D eigenvalue weighted by Gasteiger charge is -2.58. The Morgan fingerprint density at radius 2 is 1.90 bits per heavy atom. The van der Waals surface area contributed by atoms with Gasteiger partial charge in [-0.05, 0) is 93.3 Å². The van der Waals surface area contributed by atoms with Crippen molar-refractivity contribution in [3.63, 3.8) is 0 Å². The van der Waals surface area contributed by atoms with Crippen molar-refractivity contribution in [1.29, 1.82) is 0 Å². The van der Waals surface area contributed by atoms with E-state index in [9.17, 15) is 9.90 Å². The van der Waals surface area contributed by atoms with Crippen LogP contribution in [0.25, 0.3) is 0 Å². The van der Waals surface area contributed by atoms with E-state index < -0.39 is 5.60 Å². The molecule has 166 valence electrons. The van der Waals surface area contributed by atoms with Crippen LogP contribution in [0, 0.1) is 40.9 Å². The number of aliphatic hydroxyl groups is 1. The molecule has 6 nitrogen and oxygen atoms in total. The summed E-state index contributed by atoms with van der Waals surface area (Å²) in [5, 5.41) is 18.6. The minimum Gasteiger partial charge on any atom is -0.390 e. The summed E-state index contributed by atoms with van der Waals surface area (Å²) in [4.78, 5) is 13.2. The zero-order valence-electron chi connectivity index (χ0n) is 18.7. The summed E-state index contributed by atoms with van der Waals surface area (Å²) < 4.78 is 7.70. The molecule has 4 aliphatic carbocycles. The molecule has 30 heavy (non-hydrogen) atoms. The minimum absolute atomic E-state index is 0.101. The largest absolute Gasteiger partial charge is 0.390 e. The van der Waals surface area contributed by atoms with Crippen molar-refractivity contribution in [3.05, 3.63) is 12.4 Å². The maximum absolute atomic E-state index is 13.2. The molecule has 4 fully saturated rings. The maximum atomic E-state index is 13.2. The number of carbonyl (C=O) groups is 1. The molecule has 0 aliphatic heterocycles. The van der Waals surface area contributed by atoms with Gasteiger partial charge in [-0.25, -0.2) is 4.68 Å². The van der Waals surface area contributed by atoms with Crippen LogP contribution in [-0.4, -0.2) is 44.7 Å². The Morgan fingerprint density at radius 1 is 1.13 bits per heavy atom. The molecule has 0 bridgehead atoms. The van der Waals surface area contributed by atoms with Gasteiger partial charge in [0.1, 0.15) is 6.54 Å². The Morgan fingerprint density at radius 3 is 2.63 bits per heavy atom. The fourth-order valence-corrected chi connectivity index (χ4v) is 8.41. The predicted octanol–water partition coefficient (Wildman–Crippen LogP) is 3.49. The van der Waals surface area contributed by atoms with Gasteiger partial charge in [0.2, 0.25) is 0 Å². The summed E-state index contributed by atoms with van der Waals surface area (Å²) in [5.74, 6) is 3.62. The maximum Gasteiger partial charge on any atom is 0.157 e. The monoisotopic (exact) mass is 415 g/mol. The van der Waals surface area contributed by atoms with Gasteiger partial charge in [-0.2, -0.15) is 0 Å². The lowest BCUT2D eigenvalue weighted by Crippen LogP contribution is -2.55. The second-order valence-corrected chi connectivity index (χ2v) is 11.3. The standard InChI is InChI=1S/C24H37N3O3/c1-23(29)8-6-16-15-7-9-24(2)19(17(15)12-22(30-3)18(16)13-23)4-5-20(24)21(28)14-27-11-10-25-26-27/h10-11,15-20,22,29H,4-9,12-14H2,1-3H3/t15-,16-,17-,18+,19+,20-,22-,23-,24+/m1/s1. The van der Waals surface area contributed by atoms with Crippen LogP contribution in [0.4, 0.5) is 0 Å². The van der Waals surface area contributed by atoms with Crippen LogP contribution < -0.4 is 0 Å². The highest BCUT2D eigenvalue weighted by atomic mass is 16.5. The van der Waals surface area contributed by atoms with E-state index in [0.717, 1.165) is 50.9 Å². The molecular weight excluding hydrogens is 378 g/mol. The number of nitrogens with zero attached hydrogens (tertiary/aromatic N) is 3. The first-order valence-electron chi connectivity index (χ1n) is 11.9. The van der Waals surface area contributed by atoms with Crippen molar-refractivity contribution in [2.45, 2.75) is 83.5 Å². The second kappa shape index (κ2) is 7.40. The first-order chi connectivity index (χ1) is 14.3. The number of carbonyl (C=O) groups excluding carboxylic acids is 1. The molecule has 1 N–H and O–H groups in total. The van der Waals surface area contributed by atoms with E-state index in [2.05, 4.69) is 17.2 Å². The normalized spacial score (nSPS) is 47.9. The Bertz CT molecular complexity index is 779. The Hall–Kier alpha value is -1.27. The van der Waals surface area contributed by atoms with Gasteiger partial charge in [-0.15, -0.1) is 5.10 Å². The molecular formula is C24H37N3O3. The molecule has 5 rings (SSSR count). The van der Waals surface area contributed by atoms with Gasteiger partial charge in [0, 0.05) is 19.2 Å². The quantitative estimate of drug-likeness (QED) is 0.814. The molecule has 1 aromatic heterocycles. The van der Waals surface area contributed by atoms with Crippen molar-refractivity contribution in [1.82, 2.24) is 15.0 Å². The molecule has 4 saturated carbocycles. The molecule has 0 radical (unpaired) electrons. The highest BCUT2D eigenvalue weighted by Gasteiger charge is 2.60. The molecule has 0 aromatic carbocycles. The summed E-state index contributed by atoms with van der Waals surface area (Å²) >= 11 is 0.